The number of hydrazone groups is 1. The first-order valence-electron chi connectivity index (χ1n) is 5.98. The van der Waals surface area contributed by atoms with E-state index in [0.29, 0.717) is 5.95 Å². The third-order valence-electron chi connectivity index (χ3n) is 2.82. The van der Waals surface area contributed by atoms with Crippen molar-refractivity contribution in [3.63, 3.8) is 0 Å². The molecule has 0 unspecified atom stereocenters. The van der Waals surface area contributed by atoms with Crippen LogP contribution >= 0.6 is 0 Å². The van der Waals surface area contributed by atoms with Crippen LogP contribution in [0.15, 0.2) is 53.9 Å². The van der Waals surface area contributed by atoms with Gasteiger partial charge < -0.3 is 4.98 Å². The molecule has 0 aliphatic carbocycles. The first-order chi connectivity index (χ1) is 9.33. The SMILES string of the molecule is C/C(=N\Nc1nc2ccccc2[nH]1)c1ccncc1. The highest BCUT2D eigenvalue weighted by Gasteiger charge is 2.01. The van der Waals surface area contributed by atoms with E-state index in [0.717, 1.165) is 22.3 Å². The number of hydrogen-bond acceptors (Lipinski definition) is 4. The second kappa shape index (κ2) is 4.89. The maximum absolute atomic E-state index is 4.39. The molecule has 0 amide bonds. The fourth-order valence-electron chi connectivity index (χ4n) is 1.80. The van der Waals surface area contributed by atoms with Gasteiger partial charge in [0.2, 0.25) is 5.95 Å². The predicted molar refractivity (Wildman–Crippen MR) is 76.2 cm³/mol. The molecule has 0 spiro atoms. The predicted octanol–water partition coefficient (Wildman–Crippen LogP) is 2.79. The highest BCUT2D eigenvalue weighted by molar-refractivity contribution is 5.98. The number of para-hydroxylation sites is 2. The van der Waals surface area contributed by atoms with Gasteiger partial charge in [0.05, 0.1) is 16.7 Å². The molecule has 0 bridgehead atoms. The summed E-state index contributed by atoms with van der Waals surface area (Å²) in [6.07, 6.45) is 3.49. The summed E-state index contributed by atoms with van der Waals surface area (Å²) in [5.41, 5.74) is 6.74. The van der Waals surface area contributed by atoms with E-state index >= 15 is 0 Å². The van der Waals surface area contributed by atoms with E-state index in [-0.39, 0.29) is 0 Å². The lowest BCUT2D eigenvalue weighted by molar-refractivity contribution is 1.20. The van der Waals surface area contributed by atoms with Gasteiger partial charge in [-0.25, -0.2) is 10.4 Å². The third-order valence-corrected chi connectivity index (χ3v) is 2.82. The number of rotatable bonds is 3. The molecule has 2 heterocycles. The molecule has 0 radical (unpaired) electrons. The lowest BCUT2D eigenvalue weighted by Crippen LogP contribution is -2.00. The van der Waals surface area contributed by atoms with Crippen LogP contribution in [0.25, 0.3) is 11.0 Å². The standard InChI is InChI=1S/C14H13N5/c1-10(11-6-8-15-9-7-11)18-19-14-16-12-4-2-3-5-13(12)17-14/h2-9H,1H3,(H2,16,17,19)/b18-10+. The fraction of sp³-hybridized carbons (Fsp3) is 0.0714. The molecule has 19 heavy (non-hydrogen) atoms. The molecular formula is C14H13N5. The number of hydrogen-bond donors (Lipinski definition) is 2. The number of fused-ring (bicyclic) bond motifs is 1. The molecule has 3 aromatic rings. The monoisotopic (exact) mass is 251 g/mol. The van der Waals surface area contributed by atoms with Crippen molar-refractivity contribution >= 4 is 22.7 Å². The molecule has 94 valence electrons. The Bertz CT molecular complexity index is 682. The number of aromatic amines is 1. The zero-order valence-corrected chi connectivity index (χ0v) is 10.5. The molecule has 0 saturated carbocycles. The topological polar surface area (TPSA) is 66.0 Å². The van der Waals surface area contributed by atoms with Gasteiger partial charge in [-0.2, -0.15) is 5.10 Å². The summed E-state index contributed by atoms with van der Waals surface area (Å²) in [5.74, 6) is 0.634. The van der Waals surface area contributed by atoms with E-state index in [1.807, 2.05) is 43.3 Å². The van der Waals surface area contributed by atoms with Gasteiger partial charge in [-0.15, -0.1) is 0 Å². The van der Waals surface area contributed by atoms with Crippen LogP contribution in [-0.4, -0.2) is 20.7 Å². The molecule has 0 fully saturated rings. The van der Waals surface area contributed by atoms with E-state index in [4.69, 9.17) is 0 Å². The van der Waals surface area contributed by atoms with Gasteiger partial charge >= 0.3 is 0 Å². The maximum Gasteiger partial charge on any atom is 0.222 e. The summed E-state index contributed by atoms with van der Waals surface area (Å²) in [6.45, 7) is 1.94. The van der Waals surface area contributed by atoms with Crippen LogP contribution < -0.4 is 5.43 Å². The Balaban J connectivity index is 1.82. The van der Waals surface area contributed by atoms with E-state index in [2.05, 4.69) is 25.5 Å². The van der Waals surface area contributed by atoms with E-state index in [1.165, 1.54) is 0 Å². The minimum atomic E-state index is 0.634. The van der Waals surface area contributed by atoms with Crippen LogP contribution in [0.2, 0.25) is 0 Å². The maximum atomic E-state index is 4.39. The van der Waals surface area contributed by atoms with Gasteiger partial charge in [0.15, 0.2) is 0 Å². The van der Waals surface area contributed by atoms with Crippen LogP contribution in [0.5, 0.6) is 0 Å². The number of pyridine rings is 1. The summed E-state index contributed by atoms with van der Waals surface area (Å²) >= 11 is 0. The van der Waals surface area contributed by atoms with Crippen LogP contribution in [-0.2, 0) is 0 Å². The number of H-pyrrole nitrogens is 1. The minimum absolute atomic E-state index is 0.634. The van der Waals surface area contributed by atoms with Crippen molar-refractivity contribution in [1.29, 1.82) is 0 Å². The van der Waals surface area contributed by atoms with Gasteiger partial charge in [-0.05, 0) is 31.2 Å². The lowest BCUT2D eigenvalue weighted by Gasteiger charge is -2.00. The minimum Gasteiger partial charge on any atom is -0.323 e. The van der Waals surface area contributed by atoms with Crippen molar-refractivity contribution in [1.82, 2.24) is 15.0 Å². The molecular weight excluding hydrogens is 238 g/mol. The Kier molecular flexibility index (Phi) is 2.94. The molecule has 0 saturated heterocycles. The Labute approximate surface area is 110 Å². The van der Waals surface area contributed by atoms with Gasteiger partial charge in [-0.1, -0.05) is 12.1 Å². The average Bonchev–Trinajstić information content (AvgIpc) is 2.88. The molecule has 0 atom stereocenters. The van der Waals surface area contributed by atoms with Crippen molar-refractivity contribution < 1.29 is 0 Å². The van der Waals surface area contributed by atoms with Crippen molar-refractivity contribution in [3.8, 4) is 0 Å². The van der Waals surface area contributed by atoms with E-state index < -0.39 is 0 Å². The Hall–Kier alpha value is -2.69. The average molecular weight is 251 g/mol. The van der Waals surface area contributed by atoms with Gasteiger partial charge in [0, 0.05) is 18.0 Å². The third kappa shape index (κ3) is 2.44. The van der Waals surface area contributed by atoms with Gasteiger partial charge in [-0.3, -0.25) is 4.98 Å². The highest BCUT2D eigenvalue weighted by atomic mass is 15.4. The number of aromatic nitrogens is 3. The largest absolute Gasteiger partial charge is 0.323 e. The lowest BCUT2D eigenvalue weighted by atomic mass is 10.2. The van der Waals surface area contributed by atoms with Crippen LogP contribution in [0.4, 0.5) is 5.95 Å². The van der Waals surface area contributed by atoms with Gasteiger partial charge in [0.1, 0.15) is 0 Å². The normalized spacial score (nSPS) is 11.7. The number of benzene rings is 1. The fourth-order valence-corrected chi connectivity index (χ4v) is 1.80. The van der Waals surface area contributed by atoms with Crippen molar-refractivity contribution in [3.05, 3.63) is 54.4 Å². The van der Waals surface area contributed by atoms with Crippen LogP contribution in [0.3, 0.4) is 0 Å². The van der Waals surface area contributed by atoms with Crippen molar-refractivity contribution in [2.45, 2.75) is 6.92 Å². The molecule has 0 aliphatic rings. The molecule has 3 rings (SSSR count). The second-order valence-electron chi connectivity index (χ2n) is 4.15. The first-order valence-corrected chi connectivity index (χ1v) is 5.98. The van der Waals surface area contributed by atoms with Crippen LogP contribution in [0, 0.1) is 0 Å². The van der Waals surface area contributed by atoms with Gasteiger partial charge in [0.25, 0.3) is 0 Å². The van der Waals surface area contributed by atoms with E-state index in [9.17, 15) is 0 Å². The number of nitrogens with zero attached hydrogens (tertiary/aromatic N) is 3. The molecule has 2 aromatic heterocycles. The summed E-state index contributed by atoms with van der Waals surface area (Å²) in [4.78, 5) is 11.5. The molecule has 2 N–H and O–H groups in total. The molecule has 5 nitrogen and oxygen atoms in total. The summed E-state index contributed by atoms with van der Waals surface area (Å²) in [6, 6.07) is 11.7. The van der Waals surface area contributed by atoms with Crippen LogP contribution in [0.1, 0.15) is 12.5 Å². The zero-order chi connectivity index (χ0) is 13.1. The summed E-state index contributed by atoms with van der Waals surface area (Å²) in [5, 5.41) is 4.31. The number of anilines is 1. The van der Waals surface area contributed by atoms with E-state index in [1.54, 1.807) is 12.4 Å². The Morgan fingerprint density at radius 1 is 1.16 bits per heavy atom. The first kappa shape index (κ1) is 11.4. The number of nitrogens with one attached hydrogen (secondary N) is 2. The highest BCUT2D eigenvalue weighted by Crippen LogP contribution is 2.13. The number of imidazole rings is 1. The smallest absolute Gasteiger partial charge is 0.222 e. The molecule has 0 aliphatic heterocycles. The van der Waals surface area contributed by atoms with Crippen molar-refractivity contribution in [2.24, 2.45) is 5.10 Å². The molecule has 5 heteroatoms. The quantitative estimate of drug-likeness (QED) is 0.555. The summed E-state index contributed by atoms with van der Waals surface area (Å²) in [7, 11) is 0. The Morgan fingerprint density at radius 2 is 1.95 bits per heavy atom. The Morgan fingerprint density at radius 3 is 2.74 bits per heavy atom. The zero-order valence-electron chi connectivity index (χ0n) is 10.5. The summed E-state index contributed by atoms with van der Waals surface area (Å²) < 4.78 is 0. The second-order valence-corrected chi connectivity index (χ2v) is 4.15. The van der Waals surface area contributed by atoms with Crippen molar-refractivity contribution in [2.75, 3.05) is 5.43 Å². The molecule has 1 aromatic carbocycles.